The van der Waals surface area contributed by atoms with Gasteiger partial charge >= 0.3 is 0 Å². The monoisotopic (exact) mass is 217 g/mol. The van der Waals surface area contributed by atoms with Crippen LogP contribution in [0.5, 0.6) is 0 Å². The van der Waals surface area contributed by atoms with Crippen molar-refractivity contribution >= 4 is 0 Å². The first-order chi connectivity index (χ1) is 7.75. The van der Waals surface area contributed by atoms with E-state index in [4.69, 9.17) is 10.2 Å². The average molecular weight is 217 g/mol. The van der Waals surface area contributed by atoms with Gasteiger partial charge in [0.15, 0.2) is 11.6 Å². The fraction of sp³-hybridized carbons (Fsp3) is 0.417. The van der Waals surface area contributed by atoms with Crippen LogP contribution in [0.1, 0.15) is 30.5 Å². The topological polar surface area (TPSA) is 57.0 Å². The van der Waals surface area contributed by atoms with Crippen LogP contribution in [-0.2, 0) is 6.42 Å². The van der Waals surface area contributed by atoms with Crippen molar-refractivity contribution in [3.05, 3.63) is 29.8 Å². The van der Waals surface area contributed by atoms with E-state index >= 15 is 0 Å². The SMILES string of the molecule is Cc1ccc(-c2ncc3n2C(N)CCC3)o1. The minimum atomic E-state index is 0.0339. The molecule has 1 unspecified atom stereocenters. The third-order valence-electron chi connectivity index (χ3n) is 3.10. The van der Waals surface area contributed by atoms with E-state index in [1.54, 1.807) is 0 Å². The maximum absolute atomic E-state index is 6.12. The van der Waals surface area contributed by atoms with Gasteiger partial charge in [-0.25, -0.2) is 4.98 Å². The zero-order valence-electron chi connectivity index (χ0n) is 9.31. The summed E-state index contributed by atoms with van der Waals surface area (Å²) in [4.78, 5) is 4.42. The lowest BCUT2D eigenvalue weighted by atomic mass is 10.1. The summed E-state index contributed by atoms with van der Waals surface area (Å²) in [5.74, 6) is 2.56. The van der Waals surface area contributed by atoms with Crippen molar-refractivity contribution in [1.82, 2.24) is 9.55 Å². The van der Waals surface area contributed by atoms with Crippen LogP contribution in [0.25, 0.3) is 11.6 Å². The van der Waals surface area contributed by atoms with Crippen LogP contribution in [0, 0.1) is 6.92 Å². The minimum Gasteiger partial charge on any atom is -0.458 e. The maximum atomic E-state index is 6.12. The number of rotatable bonds is 1. The molecule has 2 aromatic heterocycles. The first-order valence-electron chi connectivity index (χ1n) is 5.64. The smallest absolute Gasteiger partial charge is 0.177 e. The van der Waals surface area contributed by atoms with Crippen LogP contribution in [-0.4, -0.2) is 9.55 Å². The zero-order valence-corrected chi connectivity index (χ0v) is 9.31. The predicted octanol–water partition coefficient (Wildman–Crippen LogP) is 2.25. The second-order valence-corrected chi connectivity index (χ2v) is 4.31. The molecule has 1 aliphatic rings. The average Bonchev–Trinajstić information content (AvgIpc) is 2.84. The van der Waals surface area contributed by atoms with Crippen molar-refractivity contribution < 1.29 is 4.42 Å². The first kappa shape index (κ1) is 9.66. The third kappa shape index (κ3) is 1.38. The predicted molar refractivity (Wildman–Crippen MR) is 60.8 cm³/mol. The molecule has 4 nitrogen and oxygen atoms in total. The summed E-state index contributed by atoms with van der Waals surface area (Å²) < 4.78 is 7.70. The Labute approximate surface area is 94.1 Å². The Balaban J connectivity index is 2.12. The number of aromatic nitrogens is 2. The summed E-state index contributed by atoms with van der Waals surface area (Å²) in [6, 6.07) is 3.90. The van der Waals surface area contributed by atoms with E-state index in [2.05, 4.69) is 9.55 Å². The van der Waals surface area contributed by atoms with Crippen LogP contribution >= 0.6 is 0 Å². The summed E-state index contributed by atoms with van der Waals surface area (Å²) in [5, 5.41) is 0. The highest BCUT2D eigenvalue weighted by molar-refractivity contribution is 5.49. The number of nitrogens with zero attached hydrogens (tertiary/aromatic N) is 2. The van der Waals surface area contributed by atoms with E-state index in [9.17, 15) is 0 Å². The Bertz CT molecular complexity index is 512. The summed E-state index contributed by atoms with van der Waals surface area (Å²) >= 11 is 0. The highest BCUT2D eigenvalue weighted by Gasteiger charge is 2.22. The van der Waals surface area contributed by atoms with E-state index in [-0.39, 0.29) is 6.17 Å². The highest BCUT2D eigenvalue weighted by atomic mass is 16.3. The quantitative estimate of drug-likeness (QED) is 0.797. The van der Waals surface area contributed by atoms with Gasteiger partial charge in [-0.15, -0.1) is 0 Å². The van der Waals surface area contributed by atoms with Gasteiger partial charge < -0.3 is 14.7 Å². The van der Waals surface area contributed by atoms with Gasteiger partial charge in [-0.2, -0.15) is 0 Å². The molecule has 0 bridgehead atoms. The van der Waals surface area contributed by atoms with Crippen LogP contribution in [0.2, 0.25) is 0 Å². The molecule has 1 atom stereocenters. The van der Waals surface area contributed by atoms with Crippen LogP contribution < -0.4 is 5.73 Å². The molecule has 0 amide bonds. The number of imidazole rings is 1. The Kier molecular flexibility index (Phi) is 2.11. The molecule has 3 heterocycles. The number of hydrogen-bond acceptors (Lipinski definition) is 3. The van der Waals surface area contributed by atoms with Gasteiger partial charge in [0.05, 0.1) is 6.17 Å². The normalized spacial score (nSPS) is 19.8. The van der Waals surface area contributed by atoms with Gasteiger partial charge in [-0.05, 0) is 38.3 Å². The Morgan fingerprint density at radius 2 is 2.38 bits per heavy atom. The minimum absolute atomic E-state index is 0.0339. The number of furan rings is 1. The molecule has 2 aromatic rings. The van der Waals surface area contributed by atoms with Gasteiger partial charge in [0.25, 0.3) is 0 Å². The molecule has 2 N–H and O–H groups in total. The lowest BCUT2D eigenvalue weighted by Gasteiger charge is -2.23. The maximum Gasteiger partial charge on any atom is 0.177 e. The van der Waals surface area contributed by atoms with Crippen LogP contribution in [0.3, 0.4) is 0 Å². The summed E-state index contributed by atoms with van der Waals surface area (Å²) in [6.45, 7) is 1.93. The van der Waals surface area contributed by atoms with Crippen molar-refractivity contribution in [3.8, 4) is 11.6 Å². The van der Waals surface area contributed by atoms with Gasteiger partial charge in [-0.1, -0.05) is 0 Å². The molecule has 0 saturated carbocycles. The van der Waals surface area contributed by atoms with Crippen LogP contribution in [0.4, 0.5) is 0 Å². The Hall–Kier alpha value is -1.55. The third-order valence-corrected chi connectivity index (χ3v) is 3.10. The summed E-state index contributed by atoms with van der Waals surface area (Å²) in [6.07, 6.45) is 5.15. The molecule has 1 aliphatic heterocycles. The van der Waals surface area contributed by atoms with Crippen molar-refractivity contribution in [2.24, 2.45) is 5.73 Å². The molecule has 84 valence electrons. The molecule has 4 heteroatoms. The summed E-state index contributed by atoms with van der Waals surface area (Å²) in [7, 11) is 0. The van der Waals surface area contributed by atoms with Crippen molar-refractivity contribution in [2.45, 2.75) is 32.4 Å². The van der Waals surface area contributed by atoms with Crippen LogP contribution in [0.15, 0.2) is 22.7 Å². The molecule has 0 aliphatic carbocycles. The lowest BCUT2D eigenvalue weighted by Crippen LogP contribution is -2.25. The van der Waals surface area contributed by atoms with E-state index in [1.807, 2.05) is 25.3 Å². The number of aryl methyl sites for hydroxylation is 2. The first-order valence-corrected chi connectivity index (χ1v) is 5.64. The van der Waals surface area contributed by atoms with Gasteiger partial charge in [-0.3, -0.25) is 0 Å². The fourth-order valence-corrected chi connectivity index (χ4v) is 2.31. The lowest BCUT2D eigenvalue weighted by molar-refractivity contribution is 0.412. The molecule has 0 aromatic carbocycles. The standard InChI is InChI=1S/C12H15N3O/c1-8-5-6-10(16-8)12-14-7-9-3-2-4-11(13)15(9)12/h5-7,11H,2-4,13H2,1H3. The molecule has 0 fully saturated rings. The second kappa shape index (κ2) is 3.49. The van der Waals surface area contributed by atoms with Gasteiger partial charge in [0.1, 0.15) is 5.76 Å². The molecule has 3 rings (SSSR count). The molecule has 0 saturated heterocycles. The molecule has 0 radical (unpaired) electrons. The molecular formula is C12H15N3O. The second-order valence-electron chi connectivity index (χ2n) is 4.31. The molecule has 16 heavy (non-hydrogen) atoms. The van der Waals surface area contributed by atoms with E-state index in [0.29, 0.717) is 0 Å². The largest absolute Gasteiger partial charge is 0.458 e. The molecular weight excluding hydrogens is 202 g/mol. The van der Waals surface area contributed by atoms with Gasteiger partial charge in [0, 0.05) is 11.9 Å². The molecule has 0 spiro atoms. The van der Waals surface area contributed by atoms with Crippen molar-refractivity contribution in [2.75, 3.05) is 0 Å². The number of fused-ring (bicyclic) bond motifs is 1. The fourth-order valence-electron chi connectivity index (χ4n) is 2.31. The Morgan fingerprint density at radius 1 is 1.50 bits per heavy atom. The van der Waals surface area contributed by atoms with Crippen molar-refractivity contribution in [1.29, 1.82) is 0 Å². The van der Waals surface area contributed by atoms with E-state index < -0.39 is 0 Å². The van der Waals surface area contributed by atoms with Crippen molar-refractivity contribution in [3.63, 3.8) is 0 Å². The van der Waals surface area contributed by atoms with E-state index in [1.165, 1.54) is 5.69 Å². The Morgan fingerprint density at radius 3 is 3.12 bits per heavy atom. The number of nitrogens with two attached hydrogens (primary N) is 1. The zero-order chi connectivity index (χ0) is 11.1. The summed E-state index contributed by atoms with van der Waals surface area (Å²) in [5.41, 5.74) is 7.33. The van der Waals surface area contributed by atoms with Gasteiger partial charge in [0.2, 0.25) is 0 Å². The number of hydrogen-bond donors (Lipinski definition) is 1. The van der Waals surface area contributed by atoms with E-state index in [0.717, 1.165) is 36.6 Å². The highest BCUT2D eigenvalue weighted by Crippen LogP contribution is 2.29.